The molecule has 0 amide bonds. The average Bonchev–Trinajstić information content (AvgIpc) is 3.15. The van der Waals surface area contributed by atoms with Crippen LogP contribution in [0.1, 0.15) is 6.42 Å². The van der Waals surface area contributed by atoms with E-state index in [0.29, 0.717) is 0 Å². The Morgan fingerprint density at radius 2 is 1.39 bits per heavy atom. The second-order valence-corrected chi connectivity index (χ2v) is 11.9. The molecule has 0 saturated heterocycles. The fourth-order valence-corrected chi connectivity index (χ4v) is 4.07. The Labute approximate surface area is 159 Å². The average molecular weight is 394 g/mol. The van der Waals surface area contributed by atoms with Crippen molar-refractivity contribution >= 4 is 29.6 Å². The summed E-state index contributed by atoms with van der Waals surface area (Å²) in [5.74, 6) is 0. The molecule has 3 aromatic carbocycles. The summed E-state index contributed by atoms with van der Waals surface area (Å²) >= 11 is 0. The molecular formula is C21H22SiZr. The number of rotatable bonds is 1. The molecule has 3 aromatic rings. The molecule has 0 unspecified atom stereocenters. The van der Waals surface area contributed by atoms with Crippen LogP contribution in [-0.4, -0.2) is 8.07 Å². The van der Waals surface area contributed by atoms with Gasteiger partial charge in [-0.25, -0.2) is 11.3 Å². The standard InChI is InChI=1S/C13H9.C8H13Si.Zr/c1-3-7-12-10(5-1)9-11-6-2-4-8-13(11)12;1-9(2,3)8-6-4-5-7-8;/h1-9H;6-7H,4H2,1-3H3;/q2*-1;+2. The van der Waals surface area contributed by atoms with E-state index in [2.05, 4.69) is 92.5 Å². The molecule has 0 aromatic heterocycles. The fraction of sp³-hybridized carbons (Fsp3) is 0.190. The van der Waals surface area contributed by atoms with Gasteiger partial charge in [0, 0.05) is 0 Å². The molecule has 0 heterocycles. The van der Waals surface area contributed by atoms with Crippen molar-refractivity contribution in [2.75, 3.05) is 0 Å². The first-order valence-corrected chi connectivity index (χ1v) is 11.4. The van der Waals surface area contributed by atoms with Crippen LogP contribution in [0.15, 0.2) is 71.9 Å². The van der Waals surface area contributed by atoms with Crippen molar-refractivity contribution in [3.63, 3.8) is 0 Å². The summed E-state index contributed by atoms with van der Waals surface area (Å²) in [5, 5.41) is 6.95. The van der Waals surface area contributed by atoms with Crippen LogP contribution in [0.5, 0.6) is 0 Å². The molecule has 4 rings (SSSR count). The van der Waals surface area contributed by atoms with Crippen LogP contribution in [0.4, 0.5) is 0 Å². The van der Waals surface area contributed by atoms with E-state index in [0.717, 1.165) is 6.42 Å². The molecule has 0 nitrogen and oxygen atoms in total. The number of allylic oxidation sites excluding steroid dienone is 4. The molecular weight excluding hydrogens is 372 g/mol. The Morgan fingerprint density at radius 1 is 0.870 bits per heavy atom. The van der Waals surface area contributed by atoms with E-state index in [1.54, 1.807) is 5.20 Å². The van der Waals surface area contributed by atoms with Crippen molar-refractivity contribution in [2.45, 2.75) is 26.1 Å². The van der Waals surface area contributed by atoms with Gasteiger partial charge in [-0.1, -0.05) is 56.0 Å². The van der Waals surface area contributed by atoms with Gasteiger partial charge in [-0.05, 0) is 8.07 Å². The maximum absolute atomic E-state index is 3.20. The van der Waals surface area contributed by atoms with E-state index < -0.39 is 8.07 Å². The third kappa shape index (κ3) is 4.25. The van der Waals surface area contributed by atoms with Gasteiger partial charge in [-0.2, -0.15) is 6.08 Å². The van der Waals surface area contributed by atoms with Gasteiger partial charge in [-0.3, -0.25) is 6.08 Å². The first-order chi connectivity index (χ1) is 10.6. The van der Waals surface area contributed by atoms with E-state index in [-0.39, 0.29) is 26.2 Å². The Hall–Kier alpha value is -1.11. The third-order valence-electron chi connectivity index (χ3n) is 4.09. The summed E-state index contributed by atoms with van der Waals surface area (Å²) in [6.45, 7) is 7.09. The predicted octanol–water partition coefficient (Wildman–Crippen LogP) is 6.26. The fourth-order valence-electron chi connectivity index (χ4n) is 2.82. The molecule has 0 atom stereocenters. The van der Waals surface area contributed by atoms with Crippen LogP contribution in [0.25, 0.3) is 21.5 Å². The molecule has 23 heavy (non-hydrogen) atoms. The molecule has 1 aliphatic carbocycles. The van der Waals surface area contributed by atoms with Gasteiger partial charge in [0.15, 0.2) is 0 Å². The quantitative estimate of drug-likeness (QED) is 0.338. The summed E-state index contributed by atoms with van der Waals surface area (Å²) in [6.07, 6.45) is 8.69. The summed E-state index contributed by atoms with van der Waals surface area (Å²) < 4.78 is 0. The summed E-state index contributed by atoms with van der Waals surface area (Å²) in [4.78, 5) is 0. The first-order valence-electron chi connectivity index (χ1n) is 7.86. The van der Waals surface area contributed by atoms with Crippen LogP contribution in [0, 0.1) is 6.08 Å². The minimum atomic E-state index is -0.981. The zero-order chi connectivity index (χ0) is 15.6. The maximum atomic E-state index is 3.20. The van der Waals surface area contributed by atoms with E-state index >= 15 is 0 Å². The number of fused-ring (bicyclic) bond motifs is 3. The van der Waals surface area contributed by atoms with Crippen molar-refractivity contribution in [3.05, 3.63) is 78.0 Å². The minimum Gasteiger partial charge on any atom is -0.273 e. The molecule has 0 radical (unpaired) electrons. The molecule has 1 aliphatic rings. The molecule has 114 valence electrons. The molecule has 2 heteroatoms. The normalized spacial score (nSPS) is 13.4. The van der Waals surface area contributed by atoms with Crippen LogP contribution < -0.4 is 0 Å². The first kappa shape index (κ1) is 18.2. The van der Waals surface area contributed by atoms with Crippen LogP contribution in [0.3, 0.4) is 0 Å². The Morgan fingerprint density at radius 3 is 1.78 bits per heavy atom. The number of hydrogen-bond acceptors (Lipinski definition) is 0. The summed E-state index contributed by atoms with van der Waals surface area (Å²) in [6, 6.07) is 19.3. The maximum Gasteiger partial charge on any atom is 2.00 e. The van der Waals surface area contributed by atoms with Gasteiger partial charge in [0.05, 0.1) is 0 Å². The predicted molar refractivity (Wildman–Crippen MR) is 101 cm³/mol. The van der Waals surface area contributed by atoms with Gasteiger partial charge in [-0.15, -0.1) is 46.2 Å². The molecule has 0 saturated carbocycles. The second-order valence-electron chi connectivity index (χ2n) is 6.78. The third-order valence-corrected chi connectivity index (χ3v) is 6.17. The summed E-state index contributed by atoms with van der Waals surface area (Å²) in [5.41, 5.74) is 0. The zero-order valence-corrected chi connectivity index (χ0v) is 17.5. The second kappa shape index (κ2) is 7.64. The smallest absolute Gasteiger partial charge is 0.273 e. The Kier molecular flexibility index (Phi) is 6.06. The number of hydrogen-bond donors (Lipinski definition) is 0. The van der Waals surface area contributed by atoms with Gasteiger partial charge in [0.2, 0.25) is 0 Å². The van der Waals surface area contributed by atoms with Gasteiger partial charge in [0.1, 0.15) is 0 Å². The molecule has 0 N–H and O–H groups in total. The minimum absolute atomic E-state index is 0. The van der Waals surface area contributed by atoms with Crippen LogP contribution in [-0.2, 0) is 26.2 Å². The van der Waals surface area contributed by atoms with Crippen LogP contribution >= 0.6 is 0 Å². The zero-order valence-electron chi connectivity index (χ0n) is 14.1. The van der Waals surface area contributed by atoms with Crippen molar-refractivity contribution in [1.82, 2.24) is 0 Å². The van der Waals surface area contributed by atoms with E-state index in [9.17, 15) is 0 Å². The van der Waals surface area contributed by atoms with E-state index in [4.69, 9.17) is 0 Å². The van der Waals surface area contributed by atoms with Crippen LogP contribution in [0.2, 0.25) is 19.6 Å². The van der Waals surface area contributed by atoms with Gasteiger partial charge < -0.3 is 0 Å². The molecule has 0 spiro atoms. The Bertz CT molecular complexity index is 797. The van der Waals surface area contributed by atoms with Crippen molar-refractivity contribution in [1.29, 1.82) is 0 Å². The van der Waals surface area contributed by atoms with Gasteiger partial charge in [0.25, 0.3) is 0 Å². The van der Waals surface area contributed by atoms with Crippen molar-refractivity contribution in [3.8, 4) is 0 Å². The number of benzene rings is 2. The molecule has 0 bridgehead atoms. The molecule has 0 fully saturated rings. The van der Waals surface area contributed by atoms with Crippen molar-refractivity contribution in [2.24, 2.45) is 0 Å². The van der Waals surface area contributed by atoms with Crippen molar-refractivity contribution < 1.29 is 26.2 Å². The SMILES string of the molecule is C[Si](C)(C)C1=CC[C-]=C1.[Zr+2].c1ccc2c(c1)[cH-]c1ccccc12. The van der Waals surface area contributed by atoms with E-state index in [1.807, 2.05) is 0 Å². The van der Waals surface area contributed by atoms with E-state index in [1.165, 1.54) is 21.5 Å². The summed E-state index contributed by atoms with van der Waals surface area (Å²) in [7, 11) is -0.981. The van der Waals surface area contributed by atoms with Gasteiger partial charge >= 0.3 is 26.2 Å². The Balaban J connectivity index is 0.000000171. The monoisotopic (exact) mass is 392 g/mol. The largest absolute Gasteiger partial charge is 2.00 e. The molecule has 0 aliphatic heterocycles. The topological polar surface area (TPSA) is 0 Å².